The Morgan fingerprint density at radius 1 is 1.00 bits per heavy atom. The highest BCUT2D eigenvalue weighted by molar-refractivity contribution is 5.92. The van der Waals surface area contributed by atoms with Crippen LogP contribution in [0.4, 0.5) is 0 Å². The van der Waals surface area contributed by atoms with Crippen molar-refractivity contribution in [3.63, 3.8) is 0 Å². The van der Waals surface area contributed by atoms with Crippen LogP contribution in [0.2, 0.25) is 0 Å². The first-order chi connectivity index (χ1) is 9.25. The summed E-state index contributed by atoms with van der Waals surface area (Å²) in [4.78, 5) is 11.1. The van der Waals surface area contributed by atoms with E-state index in [-0.39, 0.29) is 5.91 Å². The van der Waals surface area contributed by atoms with E-state index in [2.05, 4.69) is 17.4 Å². The summed E-state index contributed by atoms with van der Waals surface area (Å²) < 4.78 is 0. The summed E-state index contributed by atoms with van der Waals surface area (Å²) in [6.45, 7) is 1.73. The molecule has 0 aromatic heterocycles. The molecule has 0 spiro atoms. The predicted molar refractivity (Wildman–Crippen MR) is 76.8 cm³/mol. The number of hydrogen-bond acceptors (Lipinski definition) is 2. The Morgan fingerprint density at radius 3 is 2.47 bits per heavy atom. The fourth-order valence-corrected chi connectivity index (χ4v) is 1.94. The molecule has 0 bridgehead atoms. The van der Waals surface area contributed by atoms with E-state index in [9.17, 15) is 4.79 Å². The fourth-order valence-electron chi connectivity index (χ4n) is 1.94. The molecule has 1 amide bonds. The van der Waals surface area contributed by atoms with Crippen molar-refractivity contribution in [2.24, 2.45) is 5.73 Å². The van der Waals surface area contributed by atoms with Gasteiger partial charge in [0.05, 0.1) is 0 Å². The van der Waals surface area contributed by atoms with E-state index < -0.39 is 0 Å². The van der Waals surface area contributed by atoms with Gasteiger partial charge < -0.3 is 11.1 Å². The molecule has 0 aliphatic rings. The van der Waals surface area contributed by atoms with Gasteiger partial charge in [0, 0.05) is 12.1 Å². The predicted octanol–water partition coefficient (Wildman–Crippen LogP) is 2.12. The van der Waals surface area contributed by atoms with E-state index in [1.807, 2.05) is 36.4 Å². The van der Waals surface area contributed by atoms with Gasteiger partial charge in [-0.25, -0.2) is 0 Å². The number of rotatable bonds is 6. The van der Waals surface area contributed by atoms with Crippen molar-refractivity contribution in [2.75, 3.05) is 6.54 Å². The summed E-state index contributed by atoms with van der Waals surface area (Å²) >= 11 is 0. The van der Waals surface area contributed by atoms with Gasteiger partial charge in [-0.3, -0.25) is 4.79 Å². The van der Waals surface area contributed by atoms with Gasteiger partial charge in [-0.1, -0.05) is 42.5 Å². The van der Waals surface area contributed by atoms with Crippen molar-refractivity contribution in [1.29, 1.82) is 0 Å². The number of hydrogen-bond donors (Lipinski definition) is 2. The van der Waals surface area contributed by atoms with Gasteiger partial charge in [0.1, 0.15) is 0 Å². The molecule has 0 fully saturated rings. The third kappa shape index (κ3) is 4.23. The molecule has 98 valence electrons. The molecule has 2 rings (SSSR count). The van der Waals surface area contributed by atoms with Crippen molar-refractivity contribution in [1.82, 2.24) is 5.32 Å². The van der Waals surface area contributed by atoms with Gasteiger partial charge in [0.15, 0.2) is 0 Å². The van der Waals surface area contributed by atoms with E-state index >= 15 is 0 Å². The molecule has 0 radical (unpaired) electrons. The Hall–Kier alpha value is -2.13. The van der Waals surface area contributed by atoms with Crippen LogP contribution in [0.25, 0.3) is 0 Å². The number of carbonyl (C=O) groups is 1. The van der Waals surface area contributed by atoms with Crippen LogP contribution >= 0.6 is 0 Å². The lowest BCUT2D eigenvalue weighted by Gasteiger charge is -2.06. The zero-order chi connectivity index (χ0) is 13.5. The molecule has 0 heterocycles. The van der Waals surface area contributed by atoms with E-state index in [1.54, 1.807) is 6.07 Å². The first-order valence-electron chi connectivity index (χ1n) is 6.39. The Labute approximate surface area is 113 Å². The van der Waals surface area contributed by atoms with Gasteiger partial charge in [0.25, 0.3) is 0 Å². The van der Waals surface area contributed by atoms with Crippen molar-refractivity contribution >= 4 is 5.91 Å². The Bertz CT molecular complexity index is 537. The lowest BCUT2D eigenvalue weighted by molar-refractivity contribution is 0.1000. The van der Waals surface area contributed by atoms with Crippen molar-refractivity contribution < 1.29 is 4.79 Å². The van der Waals surface area contributed by atoms with Gasteiger partial charge in [-0.15, -0.1) is 0 Å². The van der Waals surface area contributed by atoms with Crippen LogP contribution in [0.5, 0.6) is 0 Å². The van der Waals surface area contributed by atoms with E-state index in [4.69, 9.17) is 5.73 Å². The summed E-state index contributed by atoms with van der Waals surface area (Å²) in [6, 6.07) is 17.7. The molecule has 0 unspecified atom stereocenters. The van der Waals surface area contributed by atoms with Gasteiger partial charge in [-0.05, 0) is 36.2 Å². The topological polar surface area (TPSA) is 55.1 Å². The maximum atomic E-state index is 11.1. The number of amides is 1. The molecule has 19 heavy (non-hydrogen) atoms. The van der Waals surface area contributed by atoms with Crippen LogP contribution in [0.15, 0.2) is 54.6 Å². The molecule has 0 aliphatic carbocycles. The van der Waals surface area contributed by atoms with Crippen LogP contribution < -0.4 is 11.1 Å². The van der Waals surface area contributed by atoms with Crippen LogP contribution in [0, 0.1) is 0 Å². The van der Waals surface area contributed by atoms with Crippen LogP contribution in [-0.4, -0.2) is 12.5 Å². The van der Waals surface area contributed by atoms with E-state index in [0.717, 1.165) is 25.1 Å². The van der Waals surface area contributed by atoms with Crippen molar-refractivity contribution in [3.8, 4) is 0 Å². The molecule has 0 saturated carbocycles. The zero-order valence-electron chi connectivity index (χ0n) is 10.8. The molecule has 3 nitrogen and oxygen atoms in total. The van der Waals surface area contributed by atoms with Crippen LogP contribution in [-0.2, 0) is 13.0 Å². The molecular weight excluding hydrogens is 236 g/mol. The van der Waals surface area contributed by atoms with E-state index in [1.165, 1.54) is 5.56 Å². The summed E-state index contributed by atoms with van der Waals surface area (Å²) in [5.41, 5.74) is 8.22. The van der Waals surface area contributed by atoms with Crippen LogP contribution in [0.3, 0.4) is 0 Å². The van der Waals surface area contributed by atoms with Gasteiger partial charge >= 0.3 is 0 Å². The molecule has 0 saturated heterocycles. The highest BCUT2D eigenvalue weighted by atomic mass is 16.1. The van der Waals surface area contributed by atoms with Gasteiger partial charge in [-0.2, -0.15) is 0 Å². The first-order valence-corrected chi connectivity index (χ1v) is 6.39. The second-order valence-corrected chi connectivity index (χ2v) is 4.48. The molecule has 3 N–H and O–H groups in total. The number of benzene rings is 2. The summed E-state index contributed by atoms with van der Waals surface area (Å²) in [5, 5.41) is 3.38. The maximum absolute atomic E-state index is 11.1. The average molecular weight is 254 g/mol. The number of nitrogens with one attached hydrogen (secondary N) is 1. The summed E-state index contributed by atoms with van der Waals surface area (Å²) in [5.74, 6) is -0.376. The smallest absolute Gasteiger partial charge is 0.248 e. The Kier molecular flexibility index (Phi) is 4.70. The molecule has 3 heteroatoms. The Morgan fingerprint density at radius 2 is 1.74 bits per heavy atom. The largest absolute Gasteiger partial charge is 0.366 e. The lowest BCUT2D eigenvalue weighted by Crippen LogP contribution is -2.17. The van der Waals surface area contributed by atoms with Gasteiger partial charge in [0.2, 0.25) is 5.91 Å². The summed E-state index contributed by atoms with van der Waals surface area (Å²) in [6.07, 6.45) is 0.883. The zero-order valence-corrected chi connectivity index (χ0v) is 10.8. The Balaban J connectivity index is 1.80. The maximum Gasteiger partial charge on any atom is 0.248 e. The lowest BCUT2D eigenvalue weighted by atomic mass is 10.1. The minimum Gasteiger partial charge on any atom is -0.366 e. The minimum absolute atomic E-state index is 0.376. The molecule has 2 aromatic carbocycles. The molecule has 0 atom stereocenters. The highest BCUT2D eigenvalue weighted by Crippen LogP contribution is 2.05. The molecule has 0 aliphatic heterocycles. The van der Waals surface area contributed by atoms with E-state index in [0.29, 0.717) is 5.56 Å². The standard InChI is InChI=1S/C16H18N2O/c17-16(19)15-8-4-7-13(11-15)9-10-18-12-14-5-2-1-3-6-14/h1-8,11,18H,9-10,12H2,(H2,17,19). The third-order valence-electron chi connectivity index (χ3n) is 2.97. The summed E-state index contributed by atoms with van der Waals surface area (Å²) in [7, 11) is 0. The molecule has 2 aromatic rings. The second kappa shape index (κ2) is 6.71. The van der Waals surface area contributed by atoms with Crippen molar-refractivity contribution in [2.45, 2.75) is 13.0 Å². The number of primary amides is 1. The fraction of sp³-hybridized carbons (Fsp3) is 0.188. The number of carbonyl (C=O) groups excluding carboxylic acids is 1. The normalized spacial score (nSPS) is 10.3. The molecular formula is C16H18N2O. The monoisotopic (exact) mass is 254 g/mol. The van der Waals surface area contributed by atoms with Crippen molar-refractivity contribution in [3.05, 3.63) is 71.3 Å². The highest BCUT2D eigenvalue weighted by Gasteiger charge is 2.01. The minimum atomic E-state index is -0.376. The van der Waals surface area contributed by atoms with Crippen LogP contribution in [0.1, 0.15) is 21.5 Å². The second-order valence-electron chi connectivity index (χ2n) is 4.48. The average Bonchev–Trinajstić information content (AvgIpc) is 2.45. The number of nitrogens with two attached hydrogens (primary N) is 1. The third-order valence-corrected chi connectivity index (χ3v) is 2.97. The SMILES string of the molecule is NC(=O)c1cccc(CCNCc2ccccc2)c1. The first kappa shape index (κ1) is 13.3. The quantitative estimate of drug-likeness (QED) is 0.776.